The van der Waals surface area contributed by atoms with Crippen LogP contribution in [0.3, 0.4) is 0 Å². The van der Waals surface area contributed by atoms with E-state index in [1.807, 2.05) is 13.0 Å². The van der Waals surface area contributed by atoms with Gasteiger partial charge in [0.05, 0.1) is 35.4 Å². The van der Waals surface area contributed by atoms with Gasteiger partial charge in [0.25, 0.3) is 0 Å². The van der Waals surface area contributed by atoms with Crippen LogP contribution >= 0.6 is 0 Å². The topological polar surface area (TPSA) is 36.7 Å². The minimum absolute atomic E-state index is 0.460. The molecule has 2 unspecified atom stereocenters. The van der Waals surface area contributed by atoms with Crippen LogP contribution in [0.1, 0.15) is 56.5 Å². The third-order valence-electron chi connectivity index (χ3n) is 7.61. The summed E-state index contributed by atoms with van der Waals surface area (Å²) >= 11 is 0. The Labute approximate surface area is 212 Å². The second-order valence-electron chi connectivity index (χ2n) is 10.5. The van der Waals surface area contributed by atoms with Crippen LogP contribution in [-0.2, 0) is 6.54 Å². The van der Waals surface area contributed by atoms with Gasteiger partial charge in [-0.3, -0.25) is 9.89 Å². The van der Waals surface area contributed by atoms with Crippen molar-refractivity contribution in [1.82, 2.24) is 19.4 Å². The molecule has 2 atom stereocenters. The predicted molar refractivity (Wildman–Crippen MR) is 140 cm³/mol. The molecule has 0 N–H and O–H groups in total. The lowest BCUT2D eigenvalue weighted by Crippen LogP contribution is -2.51. The van der Waals surface area contributed by atoms with Crippen molar-refractivity contribution < 1.29 is 13.2 Å². The number of aromatic nitrogens is 2. The molecule has 3 heterocycles. The van der Waals surface area contributed by atoms with Gasteiger partial charge < -0.3 is 9.47 Å². The molecule has 1 aromatic heterocycles. The molecule has 2 aromatic rings. The van der Waals surface area contributed by atoms with E-state index in [1.165, 1.54) is 6.20 Å². The van der Waals surface area contributed by atoms with Gasteiger partial charge in [0.2, 0.25) is 0 Å². The summed E-state index contributed by atoms with van der Waals surface area (Å²) in [7, 11) is 2.14. The van der Waals surface area contributed by atoms with Crippen molar-refractivity contribution in [3.63, 3.8) is 0 Å². The summed E-state index contributed by atoms with van der Waals surface area (Å²) in [5.41, 5.74) is 4.20. The smallest absolute Gasteiger partial charge is 0.326 e. The Bertz CT molecular complexity index is 1120. The van der Waals surface area contributed by atoms with E-state index in [0.29, 0.717) is 30.0 Å². The average molecular weight is 502 g/mol. The molecule has 36 heavy (non-hydrogen) atoms. The van der Waals surface area contributed by atoms with E-state index in [-0.39, 0.29) is 0 Å². The number of hydrogen-bond donors (Lipinski definition) is 0. The maximum atomic E-state index is 14.0. The first kappa shape index (κ1) is 26.6. The lowest BCUT2D eigenvalue weighted by molar-refractivity contribution is -0.157. The first-order chi connectivity index (χ1) is 17.1. The van der Waals surface area contributed by atoms with Crippen LogP contribution in [0.4, 0.5) is 13.2 Å². The van der Waals surface area contributed by atoms with E-state index in [2.05, 4.69) is 46.8 Å². The summed E-state index contributed by atoms with van der Waals surface area (Å²) < 4.78 is 44.1. The van der Waals surface area contributed by atoms with Gasteiger partial charge in [0.1, 0.15) is 5.82 Å². The summed E-state index contributed by atoms with van der Waals surface area (Å²) in [6, 6.07) is 5.23. The minimum Gasteiger partial charge on any atom is -0.326 e. The summed E-state index contributed by atoms with van der Waals surface area (Å²) in [5, 5.41) is 0. The van der Waals surface area contributed by atoms with E-state index in [1.54, 1.807) is 11.8 Å². The molecule has 0 aliphatic carbocycles. The molecule has 0 radical (unpaired) electrons. The third-order valence-corrected chi connectivity index (χ3v) is 7.61. The van der Waals surface area contributed by atoms with Crippen molar-refractivity contribution in [3.8, 4) is 0 Å². The molecule has 2 saturated heterocycles. The van der Waals surface area contributed by atoms with Gasteiger partial charge in [-0.1, -0.05) is 19.2 Å². The maximum absolute atomic E-state index is 14.0. The number of hydrogen-bond acceptors (Lipinski definition) is 4. The summed E-state index contributed by atoms with van der Waals surface area (Å²) in [6.07, 6.45) is 1.23. The van der Waals surface area contributed by atoms with Gasteiger partial charge in [0, 0.05) is 12.7 Å². The molecule has 0 bridgehead atoms. The molecule has 0 spiro atoms. The zero-order valence-electron chi connectivity index (χ0n) is 21.7. The highest BCUT2D eigenvalue weighted by molar-refractivity contribution is 6.03. The number of aliphatic imine (C=N–C) groups is 1. The van der Waals surface area contributed by atoms with E-state index in [0.717, 1.165) is 61.3 Å². The highest BCUT2D eigenvalue weighted by Gasteiger charge is 2.43. The van der Waals surface area contributed by atoms with Crippen LogP contribution in [-0.4, -0.2) is 64.0 Å². The molecule has 0 saturated carbocycles. The molecule has 1 aromatic carbocycles. The molecular weight excluding hydrogens is 463 g/mol. The van der Waals surface area contributed by atoms with Crippen molar-refractivity contribution in [1.29, 1.82) is 0 Å². The largest absolute Gasteiger partial charge is 0.401 e. The Kier molecular flexibility index (Phi) is 8.05. The normalized spacial score (nSPS) is 23.3. The molecule has 4 rings (SSSR count). The number of alkyl halides is 3. The number of nitrogens with zero attached hydrogens (tertiary/aromatic N) is 5. The Morgan fingerprint density at radius 1 is 1.19 bits per heavy atom. The van der Waals surface area contributed by atoms with Gasteiger partial charge in [-0.25, -0.2) is 4.98 Å². The fourth-order valence-corrected chi connectivity index (χ4v) is 5.84. The summed E-state index contributed by atoms with van der Waals surface area (Å²) in [5.74, 6) is 1.21. The van der Waals surface area contributed by atoms with Crippen molar-refractivity contribution >= 4 is 16.7 Å². The molecule has 5 nitrogen and oxygen atoms in total. The highest BCUT2D eigenvalue weighted by Crippen LogP contribution is 2.39. The molecular formula is C28H38F3N5. The first-order valence-electron chi connectivity index (χ1n) is 12.9. The minimum atomic E-state index is -4.34. The molecule has 8 heteroatoms. The highest BCUT2D eigenvalue weighted by atomic mass is 19.4. The Morgan fingerprint density at radius 3 is 2.56 bits per heavy atom. The number of piperidine rings is 2. The molecule has 0 amide bonds. The van der Waals surface area contributed by atoms with Crippen molar-refractivity contribution in [2.24, 2.45) is 10.9 Å². The van der Waals surface area contributed by atoms with Gasteiger partial charge in [-0.2, -0.15) is 13.2 Å². The third kappa shape index (κ3) is 5.92. The van der Waals surface area contributed by atoms with E-state index in [9.17, 15) is 13.2 Å². The number of halogens is 3. The van der Waals surface area contributed by atoms with E-state index in [4.69, 9.17) is 4.98 Å². The zero-order valence-corrected chi connectivity index (χ0v) is 21.7. The Balaban J connectivity index is 1.80. The second-order valence-corrected chi connectivity index (χ2v) is 10.5. The first-order valence-corrected chi connectivity index (χ1v) is 12.9. The van der Waals surface area contributed by atoms with Gasteiger partial charge in [-0.05, 0) is 95.3 Å². The number of fused-ring (bicyclic) bond motifs is 1. The van der Waals surface area contributed by atoms with Crippen LogP contribution in [0.15, 0.2) is 48.1 Å². The van der Waals surface area contributed by atoms with Gasteiger partial charge >= 0.3 is 6.18 Å². The molecule has 2 aliphatic heterocycles. The molecule has 2 fully saturated rings. The monoisotopic (exact) mass is 501 g/mol. The number of rotatable bonds is 7. The number of likely N-dealkylation sites (tertiary alicyclic amines) is 2. The van der Waals surface area contributed by atoms with E-state index >= 15 is 0 Å². The standard InChI is InChI=1S/C28H38F3N5/c1-6-32-26(19(2)3)24-8-7-9-25(36(24)18-28(29,30)31)27-33-22-16-20(4)10-11-23(22)35(27)17-21-12-14-34(5)15-13-21/h6,10-11,16,21,24-25H,1-2,7-9,12-15,17-18H2,3-5H3. The van der Waals surface area contributed by atoms with Gasteiger partial charge in [0.15, 0.2) is 0 Å². The fourth-order valence-electron chi connectivity index (χ4n) is 5.84. The number of imidazole rings is 1. The number of benzene rings is 1. The van der Waals surface area contributed by atoms with Crippen LogP contribution in [0.5, 0.6) is 0 Å². The summed E-state index contributed by atoms with van der Waals surface area (Å²) in [6.45, 7) is 13.4. The SMILES string of the molecule is C=CN=C(C(=C)C)C1CCCC(c2nc3cc(C)ccc3n2CC2CCN(C)CC2)N1CC(F)(F)F. The van der Waals surface area contributed by atoms with Crippen LogP contribution in [0, 0.1) is 12.8 Å². The molecule has 2 aliphatic rings. The fraction of sp³-hybridized carbons (Fsp3) is 0.571. The zero-order chi connectivity index (χ0) is 26.0. The Morgan fingerprint density at radius 2 is 1.92 bits per heavy atom. The van der Waals surface area contributed by atoms with E-state index < -0.39 is 24.8 Å². The average Bonchev–Trinajstić information content (AvgIpc) is 3.15. The van der Waals surface area contributed by atoms with Crippen molar-refractivity contribution in [2.75, 3.05) is 26.7 Å². The number of aryl methyl sites for hydroxylation is 1. The van der Waals surface area contributed by atoms with Crippen molar-refractivity contribution in [3.05, 3.63) is 54.5 Å². The second kappa shape index (κ2) is 10.9. The lowest BCUT2D eigenvalue weighted by atomic mass is 9.89. The molecule has 196 valence electrons. The Hall–Kier alpha value is -2.45. The lowest BCUT2D eigenvalue weighted by Gasteiger charge is -2.43. The van der Waals surface area contributed by atoms with Gasteiger partial charge in [-0.15, -0.1) is 0 Å². The van der Waals surface area contributed by atoms with Crippen LogP contribution in [0.25, 0.3) is 11.0 Å². The van der Waals surface area contributed by atoms with Crippen LogP contribution in [0.2, 0.25) is 0 Å². The quantitative estimate of drug-likeness (QED) is 0.418. The predicted octanol–water partition coefficient (Wildman–Crippen LogP) is 6.31. The summed E-state index contributed by atoms with van der Waals surface area (Å²) in [4.78, 5) is 13.3. The maximum Gasteiger partial charge on any atom is 0.401 e. The van der Waals surface area contributed by atoms with Crippen molar-refractivity contribution in [2.45, 2.75) is 70.8 Å². The van der Waals surface area contributed by atoms with Crippen LogP contribution < -0.4 is 0 Å².